The maximum atomic E-state index is 13.4. The largest absolute Gasteiger partial charge is 0.367 e. The van der Waals surface area contributed by atoms with Gasteiger partial charge in [-0.3, -0.25) is 4.79 Å². The quantitative estimate of drug-likeness (QED) is 0.383. The zero-order valence-corrected chi connectivity index (χ0v) is 16.6. The molecule has 2 aliphatic carbocycles. The average Bonchev–Trinajstić information content (AvgIpc) is 2.74. The molecule has 0 radical (unpaired) electrons. The number of carbonyl (C=O) groups excluding carboxylic acids is 1. The third-order valence-corrected chi connectivity index (χ3v) is 7.28. The molecule has 2 heteroatoms. The standard InChI is InChI=1S/C26H28O2/c1-26(14-13-18-7-6-10-21(26)15-18)28-17-24(27)25-22-11-4-2-8-19(22)16-20-9-3-5-12-23(20)25/h2-5,8-9,11-12,16,18,21H,6-7,10,13-15,17H2,1H3/t18-,21-,26+/m1/s1. The van der Waals surface area contributed by atoms with Crippen LogP contribution >= 0.6 is 0 Å². The Morgan fingerprint density at radius 1 is 1.00 bits per heavy atom. The van der Waals surface area contributed by atoms with Crippen LogP contribution in [0.2, 0.25) is 0 Å². The summed E-state index contributed by atoms with van der Waals surface area (Å²) in [7, 11) is 0. The number of ketones is 1. The van der Waals surface area contributed by atoms with E-state index in [-0.39, 0.29) is 18.0 Å². The predicted molar refractivity (Wildman–Crippen MR) is 115 cm³/mol. The lowest BCUT2D eigenvalue weighted by molar-refractivity contribution is -0.108. The van der Waals surface area contributed by atoms with E-state index >= 15 is 0 Å². The fourth-order valence-electron chi connectivity index (χ4n) is 5.61. The number of rotatable bonds is 4. The van der Waals surface area contributed by atoms with Crippen molar-refractivity contribution in [2.45, 2.75) is 51.0 Å². The molecular weight excluding hydrogens is 344 g/mol. The Bertz CT molecular complexity index is 983. The number of benzene rings is 3. The van der Waals surface area contributed by atoms with Crippen LogP contribution in [0.3, 0.4) is 0 Å². The predicted octanol–water partition coefficient (Wildman–Crippen LogP) is 6.55. The Labute approximate surface area is 166 Å². The van der Waals surface area contributed by atoms with Crippen molar-refractivity contribution >= 4 is 27.3 Å². The first-order valence-electron chi connectivity index (χ1n) is 10.7. The lowest BCUT2D eigenvalue weighted by Crippen LogP contribution is -2.45. The minimum absolute atomic E-state index is 0.104. The number of hydrogen-bond acceptors (Lipinski definition) is 2. The molecule has 3 aromatic rings. The highest BCUT2D eigenvalue weighted by Gasteiger charge is 2.42. The number of ether oxygens (including phenoxy) is 1. The van der Waals surface area contributed by atoms with E-state index in [1.165, 1.54) is 32.1 Å². The molecule has 28 heavy (non-hydrogen) atoms. The Hall–Kier alpha value is -2.19. The summed E-state index contributed by atoms with van der Waals surface area (Å²) in [6.45, 7) is 2.42. The molecule has 3 atom stereocenters. The van der Waals surface area contributed by atoms with Gasteiger partial charge in [0.05, 0.1) is 5.60 Å². The Balaban J connectivity index is 1.47. The Morgan fingerprint density at radius 2 is 1.68 bits per heavy atom. The molecule has 0 N–H and O–H groups in total. The maximum Gasteiger partial charge on any atom is 0.189 e. The zero-order valence-electron chi connectivity index (χ0n) is 16.6. The van der Waals surface area contributed by atoms with E-state index in [1.807, 2.05) is 24.3 Å². The fourth-order valence-corrected chi connectivity index (χ4v) is 5.61. The zero-order chi connectivity index (χ0) is 19.1. The van der Waals surface area contributed by atoms with Crippen LogP contribution in [0.15, 0.2) is 54.6 Å². The molecule has 144 valence electrons. The van der Waals surface area contributed by atoms with E-state index in [4.69, 9.17) is 4.74 Å². The molecule has 0 spiro atoms. The molecule has 2 fully saturated rings. The molecule has 0 amide bonds. The summed E-state index contributed by atoms with van der Waals surface area (Å²) in [5.74, 6) is 1.59. The third-order valence-electron chi connectivity index (χ3n) is 7.28. The van der Waals surface area contributed by atoms with Crippen LogP contribution < -0.4 is 0 Å². The molecular formula is C26H28O2. The second-order valence-electron chi connectivity index (χ2n) is 8.99. The molecule has 0 heterocycles. The van der Waals surface area contributed by atoms with E-state index in [1.54, 1.807) is 0 Å². The molecule has 0 unspecified atom stereocenters. The second-order valence-corrected chi connectivity index (χ2v) is 8.99. The first-order valence-corrected chi connectivity index (χ1v) is 10.7. The number of hydrogen-bond donors (Lipinski definition) is 0. The molecule has 2 saturated carbocycles. The van der Waals surface area contributed by atoms with Crippen molar-refractivity contribution in [1.29, 1.82) is 0 Å². The van der Waals surface area contributed by atoms with Gasteiger partial charge in [-0.25, -0.2) is 0 Å². The van der Waals surface area contributed by atoms with Crippen molar-refractivity contribution in [1.82, 2.24) is 0 Å². The maximum absolute atomic E-state index is 13.4. The van der Waals surface area contributed by atoms with Crippen LogP contribution in [0.5, 0.6) is 0 Å². The van der Waals surface area contributed by atoms with Gasteiger partial charge in [0.2, 0.25) is 0 Å². The van der Waals surface area contributed by atoms with Crippen molar-refractivity contribution in [2.75, 3.05) is 6.61 Å². The summed E-state index contributed by atoms with van der Waals surface area (Å²) >= 11 is 0. The lowest BCUT2D eigenvalue weighted by Gasteiger charge is -2.47. The summed E-state index contributed by atoms with van der Waals surface area (Å²) in [6, 6.07) is 18.6. The molecule has 2 nitrogen and oxygen atoms in total. The molecule has 0 aromatic heterocycles. The van der Waals surface area contributed by atoms with Crippen molar-refractivity contribution < 1.29 is 9.53 Å². The van der Waals surface area contributed by atoms with Crippen LogP contribution in [0.4, 0.5) is 0 Å². The minimum Gasteiger partial charge on any atom is -0.367 e. The Morgan fingerprint density at radius 3 is 2.39 bits per heavy atom. The summed E-state index contributed by atoms with van der Waals surface area (Å²) in [4.78, 5) is 13.4. The van der Waals surface area contributed by atoms with Crippen LogP contribution in [0.25, 0.3) is 21.5 Å². The van der Waals surface area contributed by atoms with Gasteiger partial charge in [0, 0.05) is 5.56 Å². The summed E-state index contributed by atoms with van der Waals surface area (Å²) < 4.78 is 6.42. The first-order chi connectivity index (χ1) is 13.6. The van der Waals surface area contributed by atoms with Gasteiger partial charge >= 0.3 is 0 Å². The lowest BCUT2D eigenvalue weighted by atomic mass is 9.65. The molecule has 3 aromatic carbocycles. The van der Waals surface area contributed by atoms with Crippen molar-refractivity contribution in [3.8, 4) is 0 Å². The smallest absolute Gasteiger partial charge is 0.189 e. The summed E-state index contributed by atoms with van der Waals surface area (Å²) in [5, 5.41) is 4.29. The first kappa shape index (κ1) is 17.9. The summed E-state index contributed by atoms with van der Waals surface area (Å²) in [5.41, 5.74) is 0.669. The molecule has 0 aliphatic heterocycles. The van der Waals surface area contributed by atoms with Crippen molar-refractivity contribution in [2.24, 2.45) is 11.8 Å². The topological polar surface area (TPSA) is 26.3 Å². The monoisotopic (exact) mass is 372 g/mol. The van der Waals surface area contributed by atoms with Gasteiger partial charge in [-0.15, -0.1) is 0 Å². The number of Topliss-reactive ketones (excluding diaryl/α,β-unsaturated/α-hetero) is 1. The fraction of sp³-hybridized carbons (Fsp3) is 0.423. The van der Waals surface area contributed by atoms with E-state index in [0.29, 0.717) is 5.92 Å². The van der Waals surface area contributed by atoms with E-state index in [0.717, 1.165) is 39.4 Å². The van der Waals surface area contributed by atoms with E-state index in [9.17, 15) is 4.79 Å². The van der Waals surface area contributed by atoms with Crippen molar-refractivity contribution in [3.05, 3.63) is 60.2 Å². The highest BCUT2D eigenvalue weighted by Crippen LogP contribution is 2.47. The van der Waals surface area contributed by atoms with Crippen LogP contribution in [-0.4, -0.2) is 18.0 Å². The average molecular weight is 373 g/mol. The molecule has 2 bridgehead atoms. The Kier molecular flexibility index (Phi) is 4.47. The van der Waals surface area contributed by atoms with Crippen LogP contribution in [0, 0.1) is 11.8 Å². The summed E-state index contributed by atoms with van der Waals surface area (Å²) in [6.07, 6.45) is 7.56. The minimum atomic E-state index is -0.146. The van der Waals surface area contributed by atoms with Gasteiger partial charge in [-0.2, -0.15) is 0 Å². The van der Waals surface area contributed by atoms with E-state index in [2.05, 4.69) is 37.3 Å². The third kappa shape index (κ3) is 3.04. The molecule has 2 aliphatic rings. The highest BCUT2D eigenvalue weighted by atomic mass is 16.5. The van der Waals surface area contributed by atoms with Gasteiger partial charge in [0.1, 0.15) is 6.61 Å². The van der Waals surface area contributed by atoms with Crippen molar-refractivity contribution in [3.63, 3.8) is 0 Å². The number of carbonyl (C=O) groups is 1. The molecule has 0 saturated heterocycles. The van der Waals surface area contributed by atoms with Crippen LogP contribution in [0.1, 0.15) is 55.8 Å². The second kappa shape index (κ2) is 7.00. The van der Waals surface area contributed by atoms with Gasteiger partial charge in [-0.05, 0) is 72.1 Å². The van der Waals surface area contributed by atoms with Gasteiger partial charge in [-0.1, -0.05) is 61.4 Å². The SMILES string of the molecule is C[C@]1(OCC(=O)c2c3ccccc3cc3ccccc23)CC[C@H]2CCC[C@@H]1C2. The highest BCUT2D eigenvalue weighted by molar-refractivity contribution is 6.19. The van der Waals surface area contributed by atoms with E-state index < -0.39 is 0 Å². The number of fused-ring (bicyclic) bond motifs is 4. The normalized spacial score (nSPS) is 27.2. The van der Waals surface area contributed by atoms with Gasteiger partial charge in [0.15, 0.2) is 5.78 Å². The molecule has 5 rings (SSSR count). The van der Waals surface area contributed by atoms with Gasteiger partial charge in [0.25, 0.3) is 0 Å². The van der Waals surface area contributed by atoms with Crippen LogP contribution in [-0.2, 0) is 4.74 Å². The van der Waals surface area contributed by atoms with Gasteiger partial charge < -0.3 is 4.74 Å².